The number of anilines is 1. The fourth-order valence-electron chi connectivity index (χ4n) is 2.92. The van der Waals surface area contributed by atoms with Crippen molar-refractivity contribution in [3.05, 3.63) is 95.8 Å². The molecule has 0 aliphatic heterocycles. The van der Waals surface area contributed by atoms with Crippen LogP contribution in [0.1, 0.15) is 30.5 Å². The quantitative estimate of drug-likeness (QED) is 0.481. The first kappa shape index (κ1) is 17.7. The highest BCUT2D eigenvalue weighted by atomic mass is 14.9. The highest BCUT2D eigenvalue weighted by Gasteiger charge is 2.05. The van der Waals surface area contributed by atoms with Gasteiger partial charge in [0, 0.05) is 30.0 Å². The van der Waals surface area contributed by atoms with Crippen molar-refractivity contribution < 1.29 is 0 Å². The number of aromatic nitrogens is 2. The van der Waals surface area contributed by atoms with Gasteiger partial charge >= 0.3 is 0 Å². The van der Waals surface area contributed by atoms with Gasteiger partial charge in [-0.25, -0.2) is 4.98 Å². The SMILES string of the molecule is CC.c1ccc(CNc2ccc(Cc3c[nH]c4ncccc34)cc2)cc1. The van der Waals surface area contributed by atoms with Gasteiger partial charge in [-0.2, -0.15) is 0 Å². The standard InChI is InChI=1S/C21H19N3.C2H6/c1-2-5-17(6-3-1)14-23-19-10-8-16(9-11-19)13-18-15-24-21-20(18)7-4-12-22-21;1-2/h1-12,15,23H,13-14H2,(H,22,24);1-2H3. The number of aromatic amines is 1. The smallest absolute Gasteiger partial charge is 0.137 e. The first-order chi connectivity index (χ1) is 12.9. The van der Waals surface area contributed by atoms with Crippen molar-refractivity contribution in [3.63, 3.8) is 0 Å². The van der Waals surface area contributed by atoms with Gasteiger partial charge in [0.25, 0.3) is 0 Å². The summed E-state index contributed by atoms with van der Waals surface area (Å²) >= 11 is 0. The molecule has 0 spiro atoms. The summed E-state index contributed by atoms with van der Waals surface area (Å²) in [6, 6.07) is 23.2. The predicted octanol–water partition coefficient (Wildman–Crippen LogP) is 5.79. The van der Waals surface area contributed by atoms with E-state index in [-0.39, 0.29) is 0 Å². The first-order valence-electron chi connectivity index (χ1n) is 9.16. The predicted molar refractivity (Wildman–Crippen MR) is 110 cm³/mol. The molecule has 4 rings (SSSR count). The minimum atomic E-state index is 0.842. The second-order valence-corrected chi connectivity index (χ2v) is 5.93. The largest absolute Gasteiger partial charge is 0.381 e. The monoisotopic (exact) mass is 343 g/mol. The zero-order chi connectivity index (χ0) is 18.2. The average molecular weight is 343 g/mol. The highest BCUT2D eigenvalue weighted by Crippen LogP contribution is 2.20. The molecule has 0 atom stereocenters. The molecule has 132 valence electrons. The minimum absolute atomic E-state index is 0.842. The van der Waals surface area contributed by atoms with Crippen LogP contribution < -0.4 is 5.32 Å². The van der Waals surface area contributed by atoms with Crippen molar-refractivity contribution in [3.8, 4) is 0 Å². The molecular weight excluding hydrogens is 318 g/mol. The molecule has 2 aromatic carbocycles. The fourth-order valence-corrected chi connectivity index (χ4v) is 2.92. The summed E-state index contributed by atoms with van der Waals surface area (Å²) in [5.74, 6) is 0. The van der Waals surface area contributed by atoms with Crippen LogP contribution in [0.2, 0.25) is 0 Å². The molecule has 4 aromatic rings. The van der Waals surface area contributed by atoms with Gasteiger partial charge in [-0.3, -0.25) is 0 Å². The molecule has 2 aromatic heterocycles. The lowest BCUT2D eigenvalue weighted by Crippen LogP contribution is -1.99. The summed E-state index contributed by atoms with van der Waals surface area (Å²) < 4.78 is 0. The van der Waals surface area contributed by atoms with Crippen LogP contribution in [0.15, 0.2) is 79.1 Å². The number of benzene rings is 2. The van der Waals surface area contributed by atoms with Gasteiger partial charge in [-0.05, 0) is 47.4 Å². The Bertz CT molecular complexity index is 925. The van der Waals surface area contributed by atoms with Crippen LogP contribution >= 0.6 is 0 Å². The number of rotatable bonds is 5. The molecule has 0 saturated carbocycles. The molecule has 2 N–H and O–H groups in total. The maximum absolute atomic E-state index is 4.35. The van der Waals surface area contributed by atoms with Crippen molar-refractivity contribution in [2.45, 2.75) is 26.8 Å². The Labute approximate surface area is 155 Å². The highest BCUT2D eigenvalue weighted by molar-refractivity contribution is 5.79. The third-order valence-corrected chi connectivity index (χ3v) is 4.22. The van der Waals surface area contributed by atoms with Crippen LogP contribution in [0.4, 0.5) is 5.69 Å². The molecule has 0 aliphatic carbocycles. The number of nitrogens with one attached hydrogen (secondary N) is 2. The van der Waals surface area contributed by atoms with E-state index < -0.39 is 0 Å². The second-order valence-electron chi connectivity index (χ2n) is 5.93. The summed E-state index contributed by atoms with van der Waals surface area (Å²) in [5.41, 5.74) is 5.96. The zero-order valence-electron chi connectivity index (χ0n) is 15.4. The Balaban J connectivity index is 0.000000948. The van der Waals surface area contributed by atoms with Crippen molar-refractivity contribution in [1.82, 2.24) is 9.97 Å². The lowest BCUT2D eigenvalue weighted by molar-refractivity contribution is 1.14. The van der Waals surface area contributed by atoms with Gasteiger partial charge in [0.2, 0.25) is 0 Å². The number of hydrogen-bond donors (Lipinski definition) is 2. The molecule has 0 saturated heterocycles. The summed E-state index contributed by atoms with van der Waals surface area (Å²) in [4.78, 5) is 7.58. The summed E-state index contributed by atoms with van der Waals surface area (Å²) in [6.07, 6.45) is 4.78. The number of nitrogens with zero attached hydrogens (tertiary/aromatic N) is 1. The van der Waals surface area contributed by atoms with Crippen molar-refractivity contribution >= 4 is 16.7 Å². The van der Waals surface area contributed by atoms with E-state index in [9.17, 15) is 0 Å². The maximum Gasteiger partial charge on any atom is 0.137 e. The molecule has 0 bridgehead atoms. The number of H-pyrrole nitrogens is 1. The van der Waals surface area contributed by atoms with Gasteiger partial charge < -0.3 is 10.3 Å². The van der Waals surface area contributed by atoms with Gasteiger partial charge in [-0.15, -0.1) is 0 Å². The van der Waals surface area contributed by atoms with E-state index >= 15 is 0 Å². The first-order valence-corrected chi connectivity index (χ1v) is 9.16. The molecule has 0 radical (unpaired) electrons. The molecule has 26 heavy (non-hydrogen) atoms. The van der Waals surface area contributed by atoms with Crippen LogP contribution in [0, 0.1) is 0 Å². The summed E-state index contributed by atoms with van der Waals surface area (Å²) in [6.45, 7) is 4.84. The van der Waals surface area contributed by atoms with Crippen LogP contribution in [0.5, 0.6) is 0 Å². The number of pyridine rings is 1. The molecule has 0 amide bonds. The Morgan fingerprint density at radius 3 is 2.38 bits per heavy atom. The lowest BCUT2D eigenvalue weighted by Gasteiger charge is -2.08. The Morgan fingerprint density at radius 2 is 1.62 bits per heavy atom. The molecule has 0 unspecified atom stereocenters. The van der Waals surface area contributed by atoms with Gasteiger partial charge in [0.15, 0.2) is 0 Å². The van der Waals surface area contributed by atoms with E-state index in [2.05, 4.69) is 76.1 Å². The third-order valence-electron chi connectivity index (χ3n) is 4.22. The average Bonchev–Trinajstić information content (AvgIpc) is 3.13. The van der Waals surface area contributed by atoms with Crippen LogP contribution in [-0.4, -0.2) is 9.97 Å². The van der Waals surface area contributed by atoms with E-state index in [4.69, 9.17) is 0 Å². The Hall–Kier alpha value is -3.07. The van der Waals surface area contributed by atoms with E-state index in [0.29, 0.717) is 0 Å². The van der Waals surface area contributed by atoms with Crippen LogP contribution in [-0.2, 0) is 13.0 Å². The van der Waals surface area contributed by atoms with Crippen LogP contribution in [0.25, 0.3) is 11.0 Å². The number of fused-ring (bicyclic) bond motifs is 1. The van der Waals surface area contributed by atoms with Gasteiger partial charge in [-0.1, -0.05) is 56.3 Å². The third kappa shape index (κ3) is 4.31. The molecule has 0 fully saturated rings. The topological polar surface area (TPSA) is 40.7 Å². The van der Waals surface area contributed by atoms with Crippen molar-refractivity contribution in [1.29, 1.82) is 0 Å². The van der Waals surface area contributed by atoms with Gasteiger partial charge in [0.05, 0.1) is 0 Å². The maximum atomic E-state index is 4.35. The lowest BCUT2D eigenvalue weighted by atomic mass is 10.0. The fraction of sp³-hybridized carbons (Fsp3) is 0.174. The zero-order valence-corrected chi connectivity index (χ0v) is 15.4. The molecule has 3 heteroatoms. The molecule has 0 aliphatic rings. The normalized spacial score (nSPS) is 10.2. The van der Waals surface area contributed by atoms with Crippen molar-refractivity contribution in [2.75, 3.05) is 5.32 Å². The van der Waals surface area contributed by atoms with Crippen molar-refractivity contribution in [2.24, 2.45) is 0 Å². The minimum Gasteiger partial charge on any atom is -0.381 e. The summed E-state index contributed by atoms with van der Waals surface area (Å²) in [7, 11) is 0. The van der Waals surface area contributed by atoms with Gasteiger partial charge in [0.1, 0.15) is 5.65 Å². The van der Waals surface area contributed by atoms with E-state index in [1.165, 1.54) is 22.1 Å². The second kappa shape index (κ2) is 8.86. The van der Waals surface area contributed by atoms with E-state index in [1.54, 1.807) is 0 Å². The van der Waals surface area contributed by atoms with Crippen LogP contribution in [0.3, 0.4) is 0 Å². The Morgan fingerprint density at radius 1 is 0.846 bits per heavy atom. The molecular formula is C23H25N3. The summed E-state index contributed by atoms with van der Waals surface area (Å²) in [5, 5.41) is 4.66. The van der Waals surface area contributed by atoms with E-state index in [0.717, 1.165) is 24.3 Å². The number of hydrogen-bond acceptors (Lipinski definition) is 2. The molecule has 3 nitrogen and oxygen atoms in total. The molecule has 2 heterocycles. The van der Waals surface area contributed by atoms with E-state index in [1.807, 2.05) is 32.2 Å². The Kier molecular flexibility index (Phi) is 6.05.